The molecule has 17 heavy (non-hydrogen) atoms. The van der Waals surface area contributed by atoms with Crippen molar-refractivity contribution in [1.29, 1.82) is 0 Å². The molecule has 1 unspecified atom stereocenters. The molecule has 0 fully saturated rings. The van der Waals surface area contributed by atoms with Gasteiger partial charge in [0, 0.05) is 12.6 Å². The molecule has 0 amide bonds. The summed E-state index contributed by atoms with van der Waals surface area (Å²) < 4.78 is 25.5. The average Bonchev–Trinajstić information content (AvgIpc) is 2.29. The van der Waals surface area contributed by atoms with Crippen LogP contribution in [0.5, 0.6) is 0 Å². The first kappa shape index (κ1) is 11.7. The van der Waals surface area contributed by atoms with Crippen LogP contribution in [0.2, 0.25) is 0 Å². The standard InChI is InChI=1S/C13H11F2NO/c14-11-3-1-10(2-4-11)12(17)7-9-5-6-16-13(15)8-9/h1-6,8,12,17H,7H2. The lowest BCUT2D eigenvalue weighted by Crippen LogP contribution is -2.02. The van der Waals surface area contributed by atoms with Crippen molar-refractivity contribution in [2.75, 3.05) is 0 Å². The summed E-state index contributed by atoms with van der Waals surface area (Å²) in [5.74, 6) is -0.926. The Morgan fingerprint density at radius 3 is 2.47 bits per heavy atom. The third kappa shape index (κ3) is 3.07. The maximum Gasteiger partial charge on any atom is 0.213 e. The maximum atomic E-state index is 12.8. The highest BCUT2D eigenvalue weighted by molar-refractivity contribution is 5.21. The summed E-state index contributed by atoms with van der Waals surface area (Å²) in [6.07, 6.45) is 0.838. The number of nitrogens with zero attached hydrogens (tertiary/aromatic N) is 1. The molecular formula is C13H11F2NO. The van der Waals surface area contributed by atoms with E-state index in [4.69, 9.17) is 0 Å². The summed E-state index contributed by atoms with van der Waals surface area (Å²) in [4.78, 5) is 3.43. The minimum atomic E-state index is -0.780. The number of pyridine rings is 1. The smallest absolute Gasteiger partial charge is 0.213 e. The van der Waals surface area contributed by atoms with E-state index in [-0.39, 0.29) is 12.2 Å². The van der Waals surface area contributed by atoms with Gasteiger partial charge in [-0.25, -0.2) is 9.37 Å². The molecule has 1 aromatic carbocycles. The second-order valence-corrected chi connectivity index (χ2v) is 3.76. The molecule has 0 aliphatic heterocycles. The zero-order valence-electron chi connectivity index (χ0n) is 8.98. The molecule has 1 aromatic heterocycles. The van der Waals surface area contributed by atoms with Crippen molar-refractivity contribution in [2.45, 2.75) is 12.5 Å². The molecule has 88 valence electrons. The quantitative estimate of drug-likeness (QED) is 0.829. The molecule has 0 saturated carbocycles. The number of aliphatic hydroxyl groups excluding tert-OH is 1. The molecular weight excluding hydrogens is 224 g/mol. The van der Waals surface area contributed by atoms with E-state index >= 15 is 0 Å². The van der Waals surface area contributed by atoms with E-state index in [1.807, 2.05) is 0 Å². The number of hydrogen-bond donors (Lipinski definition) is 1. The predicted molar refractivity (Wildman–Crippen MR) is 59.3 cm³/mol. The summed E-state index contributed by atoms with van der Waals surface area (Å²) >= 11 is 0. The predicted octanol–water partition coefficient (Wildman–Crippen LogP) is 2.64. The van der Waals surface area contributed by atoms with Crippen molar-refractivity contribution >= 4 is 0 Å². The fourth-order valence-corrected chi connectivity index (χ4v) is 1.60. The van der Waals surface area contributed by atoms with E-state index in [1.54, 1.807) is 6.07 Å². The number of hydrogen-bond acceptors (Lipinski definition) is 2. The van der Waals surface area contributed by atoms with Gasteiger partial charge in [0.15, 0.2) is 0 Å². The Morgan fingerprint density at radius 1 is 1.12 bits per heavy atom. The van der Waals surface area contributed by atoms with Gasteiger partial charge in [-0.1, -0.05) is 12.1 Å². The third-order valence-electron chi connectivity index (χ3n) is 2.47. The molecule has 1 heterocycles. The first-order valence-electron chi connectivity index (χ1n) is 5.19. The lowest BCUT2D eigenvalue weighted by Gasteiger charge is -2.10. The fraction of sp³-hybridized carbons (Fsp3) is 0.154. The Balaban J connectivity index is 2.11. The number of halogens is 2. The largest absolute Gasteiger partial charge is 0.388 e. The molecule has 1 atom stereocenters. The average molecular weight is 235 g/mol. The molecule has 2 rings (SSSR count). The van der Waals surface area contributed by atoms with Crippen LogP contribution in [0, 0.1) is 11.8 Å². The van der Waals surface area contributed by atoms with Gasteiger partial charge in [0.2, 0.25) is 5.95 Å². The number of benzene rings is 1. The summed E-state index contributed by atoms with van der Waals surface area (Å²) in [7, 11) is 0. The van der Waals surface area contributed by atoms with E-state index in [0.29, 0.717) is 11.1 Å². The maximum absolute atomic E-state index is 12.8. The van der Waals surface area contributed by atoms with Crippen molar-refractivity contribution in [2.24, 2.45) is 0 Å². The summed E-state index contributed by atoms with van der Waals surface area (Å²) in [6, 6.07) is 8.50. The monoisotopic (exact) mass is 235 g/mol. The molecule has 0 bridgehead atoms. The Bertz CT molecular complexity index is 499. The fourth-order valence-electron chi connectivity index (χ4n) is 1.60. The lowest BCUT2D eigenvalue weighted by atomic mass is 10.0. The highest BCUT2D eigenvalue weighted by atomic mass is 19.1. The number of rotatable bonds is 3. The number of aliphatic hydroxyl groups is 1. The van der Waals surface area contributed by atoms with Crippen LogP contribution in [-0.2, 0) is 6.42 Å². The first-order chi connectivity index (χ1) is 8.15. The van der Waals surface area contributed by atoms with Gasteiger partial charge in [0.25, 0.3) is 0 Å². The molecule has 0 aliphatic carbocycles. The van der Waals surface area contributed by atoms with E-state index in [1.165, 1.54) is 36.5 Å². The highest BCUT2D eigenvalue weighted by Gasteiger charge is 2.09. The van der Waals surface area contributed by atoms with Gasteiger partial charge in [-0.3, -0.25) is 0 Å². The van der Waals surface area contributed by atoms with E-state index in [0.717, 1.165) is 0 Å². The van der Waals surface area contributed by atoms with Gasteiger partial charge in [0.05, 0.1) is 6.10 Å². The Morgan fingerprint density at radius 2 is 1.82 bits per heavy atom. The van der Waals surface area contributed by atoms with Crippen LogP contribution in [0.1, 0.15) is 17.2 Å². The van der Waals surface area contributed by atoms with Crippen LogP contribution in [-0.4, -0.2) is 10.1 Å². The molecule has 0 saturated heterocycles. The van der Waals surface area contributed by atoms with Crippen molar-refractivity contribution in [1.82, 2.24) is 4.98 Å². The molecule has 1 N–H and O–H groups in total. The highest BCUT2D eigenvalue weighted by Crippen LogP contribution is 2.18. The summed E-state index contributed by atoms with van der Waals surface area (Å²) in [5, 5.41) is 9.89. The lowest BCUT2D eigenvalue weighted by molar-refractivity contribution is 0.178. The Kier molecular flexibility index (Phi) is 3.44. The minimum Gasteiger partial charge on any atom is -0.388 e. The number of aromatic nitrogens is 1. The van der Waals surface area contributed by atoms with Crippen molar-refractivity contribution < 1.29 is 13.9 Å². The third-order valence-corrected chi connectivity index (χ3v) is 2.47. The minimum absolute atomic E-state index is 0.269. The van der Waals surface area contributed by atoms with Crippen LogP contribution >= 0.6 is 0 Å². The van der Waals surface area contributed by atoms with Gasteiger partial charge in [-0.15, -0.1) is 0 Å². The van der Waals surface area contributed by atoms with E-state index in [2.05, 4.69) is 4.98 Å². The van der Waals surface area contributed by atoms with Crippen LogP contribution < -0.4 is 0 Å². The zero-order valence-corrected chi connectivity index (χ0v) is 8.98. The van der Waals surface area contributed by atoms with E-state index in [9.17, 15) is 13.9 Å². The topological polar surface area (TPSA) is 33.1 Å². The molecule has 0 aliphatic rings. The molecule has 0 spiro atoms. The molecule has 4 heteroatoms. The second kappa shape index (κ2) is 5.01. The zero-order chi connectivity index (χ0) is 12.3. The van der Waals surface area contributed by atoms with E-state index < -0.39 is 12.1 Å². The van der Waals surface area contributed by atoms with Gasteiger partial charge in [-0.05, 0) is 35.4 Å². The van der Waals surface area contributed by atoms with Gasteiger partial charge >= 0.3 is 0 Å². The van der Waals surface area contributed by atoms with Gasteiger partial charge in [0.1, 0.15) is 5.82 Å². The van der Waals surface area contributed by atoms with Crippen LogP contribution in [0.4, 0.5) is 8.78 Å². The molecule has 0 radical (unpaired) electrons. The first-order valence-corrected chi connectivity index (χ1v) is 5.19. The summed E-state index contributed by atoms with van der Waals surface area (Å²) in [5.41, 5.74) is 1.25. The summed E-state index contributed by atoms with van der Waals surface area (Å²) in [6.45, 7) is 0. The van der Waals surface area contributed by atoms with Gasteiger partial charge < -0.3 is 5.11 Å². The molecule has 2 nitrogen and oxygen atoms in total. The SMILES string of the molecule is OC(Cc1ccnc(F)c1)c1ccc(F)cc1. The molecule has 2 aromatic rings. The van der Waals surface area contributed by atoms with Crippen LogP contribution in [0.25, 0.3) is 0 Å². The van der Waals surface area contributed by atoms with Crippen molar-refractivity contribution in [3.63, 3.8) is 0 Å². The second-order valence-electron chi connectivity index (χ2n) is 3.76. The Labute approximate surface area is 97.6 Å². The van der Waals surface area contributed by atoms with Crippen molar-refractivity contribution in [3.05, 3.63) is 65.5 Å². The normalized spacial score (nSPS) is 12.4. The van der Waals surface area contributed by atoms with Crippen molar-refractivity contribution in [3.8, 4) is 0 Å². The Hall–Kier alpha value is -1.81. The van der Waals surface area contributed by atoms with Crippen LogP contribution in [0.3, 0.4) is 0 Å². The van der Waals surface area contributed by atoms with Gasteiger partial charge in [-0.2, -0.15) is 4.39 Å². The van der Waals surface area contributed by atoms with Crippen LogP contribution in [0.15, 0.2) is 42.6 Å².